The van der Waals surface area contributed by atoms with E-state index < -0.39 is 6.04 Å². The number of hydrogen-bond donors (Lipinski definition) is 1. The van der Waals surface area contributed by atoms with E-state index in [0.29, 0.717) is 27.2 Å². The van der Waals surface area contributed by atoms with Crippen molar-refractivity contribution in [1.29, 1.82) is 0 Å². The Morgan fingerprint density at radius 1 is 1.28 bits per heavy atom. The lowest BCUT2D eigenvalue weighted by Gasteiger charge is -2.15. The zero-order valence-electron chi connectivity index (χ0n) is 9.60. The molecule has 94 valence electrons. The number of nitrogens with two attached hydrogens (primary N) is 1. The molecule has 2 aromatic heterocycles. The van der Waals surface area contributed by atoms with Crippen LogP contribution in [0.2, 0.25) is 10.0 Å². The molecule has 0 bridgehead atoms. The van der Waals surface area contributed by atoms with E-state index in [0.717, 1.165) is 0 Å². The van der Waals surface area contributed by atoms with Gasteiger partial charge in [0.2, 0.25) is 0 Å². The molecule has 0 aromatic carbocycles. The summed E-state index contributed by atoms with van der Waals surface area (Å²) in [4.78, 5) is 8.35. The van der Waals surface area contributed by atoms with Crippen LogP contribution in [0.15, 0.2) is 30.6 Å². The number of pyridine rings is 2. The molecule has 6 heteroatoms. The van der Waals surface area contributed by atoms with Gasteiger partial charge in [-0.2, -0.15) is 0 Å². The average molecular weight is 284 g/mol. The Bertz CT molecular complexity index is 563. The van der Waals surface area contributed by atoms with Gasteiger partial charge in [-0.15, -0.1) is 0 Å². The molecule has 1 atom stereocenters. The van der Waals surface area contributed by atoms with Gasteiger partial charge in [-0.3, -0.25) is 9.97 Å². The van der Waals surface area contributed by atoms with Gasteiger partial charge < -0.3 is 10.5 Å². The molecule has 0 aliphatic rings. The van der Waals surface area contributed by atoms with Gasteiger partial charge in [0.05, 0.1) is 28.9 Å². The van der Waals surface area contributed by atoms with Crippen molar-refractivity contribution < 1.29 is 4.74 Å². The minimum Gasteiger partial charge on any atom is -0.495 e. The van der Waals surface area contributed by atoms with Crippen LogP contribution in [0.3, 0.4) is 0 Å². The number of methoxy groups -OCH3 is 1. The lowest BCUT2D eigenvalue weighted by Crippen LogP contribution is -2.16. The zero-order chi connectivity index (χ0) is 13.1. The van der Waals surface area contributed by atoms with Crippen LogP contribution in [-0.2, 0) is 0 Å². The Morgan fingerprint density at radius 2 is 2.06 bits per heavy atom. The molecule has 0 aliphatic heterocycles. The normalized spacial score (nSPS) is 12.2. The van der Waals surface area contributed by atoms with Crippen molar-refractivity contribution in [1.82, 2.24) is 9.97 Å². The summed E-state index contributed by atoms with van der Waals surface area (Å²) in [6.45, 7) is 0. The molecular weight excluding hydrogens is 273 g/mol. The van der Waals surface area contributed by atoms with Crippen molar-refractivity contribution in [2.45, 2.75) is 6.04 Å². The predicted molar refractivity (Wildman–Crippen MR) is 71.1 cm³/mol. The van der Waals surface area contributed by atoms with Crippen LogP contribution in [0.25, 0.3) is 0 Å². The molecule has 2 N–H and O–H groups in total. The van der Waals surface area contributed by atoms with Gasteiger partial charge in [0.1, 0.15) is 11.4 Å². The van der Waals surface area contributed by atoms with E-state index in [9.17, 15) is 0 Å². The highest BCUT2D eigenvalue weighted by Gasteiger charge is 2.19. The summed E-state index contributed by atoms with van der Waals surface area (Å²) in [6.07, 6.45) is 3.14. The molecular formula is C12H11Cl2N3O. The Kier molecular flexibility index (Phi) is 4.01. The summed E-state index contributed by atoms with van der Waals surface area (Å²) < 4.78 is 5.21. The SMILES string of the molecule is COc1cccnc1C(N)c1ncc(Cl)cc1Cl. The van der Waals surface area contributed by atoms with Crippen molar-refractivity contribution in [2.24, 2.45) is 5.73 Å². The molecule has 4 nitrogen and oxygen atoms in total. The third-order valence-electron chi connectivity index (χ3n) is 2.45. The third-order valence-corrected chi connectivity index (χ3v) is 2.95. The lowest BCUT2D eigenvalue weighted by atomic mass is 10.1. The van der Waals surface area contributed by atoms with E-state index in [2.05, 4.69) is 9.97 Å². The first-order valence-electron chi connectivity index (χ1n) is 5.19. The molecule has 0 spiro atoms. The highest BCUT2D eigenvalue weighted by molar-refractivity contribution is 6.34. The summed E-state index contributed by atoms with van der Waals surface area (Å²) >= 11 is 11.9. The van der Waals surface area contributed by atoms with E-state index in [-0.39, 0.29) is 0 Å². The van der Waals surface area contributed by atoms with Gasteiger partial charge in [0.15, 0.2) is 0 Å². The molecule has 0 saturated carbocycles. The van der Waals surface area contributed by atoms with Crippen molar-refractivity contribution in [2.75, 3.05) is 7.11 Å². The Hall–Kier alpha value is -1.36. The van der Waals surface area contributed by atoms with E-state index in [1.165, 1.54) is 6.20 Å². The predicted octanol–water partition coefficient (Wildman–Crippen LogP) is 2.84. The average Bonchev–Trinajstić information content (AvgIpc) is 2.38. The second-order valence-electron chi connectivity index (χ2n) is 3.59. The van der Waals surface area contributed by atoms with Gasteiger partial charge in [-0.25, -0.2) is 0 Å². The van der Waals surface area contributed by atoms with Gasteiger partial charge in [-0.05, 0) is 18.2 Å². The largest absolute Gasteiger partial charge is 0.495 e. The maximum atomic E-state index is 6.11. The van der Waals surface area contributed by atoms with Crippen molar-refractivity contribution >= 4 is 23.2 Å². The maximum Gasteiger partial charge on any atom is 0.142 e. The fraction of sp³-hybridized carbons (Fsp3) is 0.167. The number of nitrogens with zero attached hydrogens (tertiary/aromatic N) is 2. The summed E-state index contributed by atoms with van der Waals surface area (Å²) in [5, 5.41) is 0.867. The molecule has 2 rings (SSSR count). The molecule has 0 aliphatic carbocycles. The third kappa shape index (κ3) is 2.56. The van der Waals surface area contributed by atoms with Crippen LogP contribution in [0.4, 0.5) is 0 Å². The van der Waals surface area contributed by atoms with Crippen LogP contribution >= 0.6 is 23.2 Å². The first kappa shape index (κ1) is 13.1. The fourth-order valence-corrected chi connectivity index (χ4v) is 2.09. The molecule has 0 saturated heterocycles. The molecule has 0 radical (unpaired) electrons. The number of hydrogen-bond acceptors (Lipinski definition) is 4. The topological polar surface area (TPSA) is 61.0 Å². The Balaban J connectivity index is 2.44. The number of halogens is 2. The molecule has 2 aromatic rings. The van der Waals surface area contributed by atoms with Gasteiger partial charge in [-0.1, -0.05) is 23.2 Å². The summed E-state index contributed by atoms with van der Waals surface area (Å²) in [6, 6.07) is 4.59. The first-order chi connectivity index (χ1) is 8.63. The number of rotatable bonds is 3. The molecule has 2 heterocycles. The highest BCUT2D eigenvalue weighted by atomic mass is 35.5. The van der Waals surface area contributed by atoms with E-state index in [1.54, 1.807) is 31.5 Å². The van der Waals surface area contributed by atoms with Crippen molar-refractivity contribution in [3.05, 3.63) is 52.0 Å². The van der Waals surface area contributed by atoms with Crippen LogP contribution in [-0.4, -0.2) is 17.1 Å². The van der Waals surface area contributed by atoms with Crippen molar-refractivity contribution in [3.63, 3.8) is 0 Å². The minimum atomic E-state index is -0.564. The Morgan fingerprint density at radius 3 is 2.72 bits per heavy atom. The molecule has 0 amide bonds. The van der Waals surface area contributed by atoms with Crippen molar-refractivity contribution in [3.8, 4) is 5.75 Å². The minimum absolute atomic E-state index is 0.405. The smallest absolute Gasteiger partial charge is 0.142 e. The van der Waals surface area contributed by atoms with Gasteiger partial charge >= 0.3 is 0 Å². The second kappa shape index (κ2) is 5.52. The maximum absolute atomic E-state index is 6.11. The first-order valence-corrected chi connectivity index (χ1v) is 5.94. The zero-order valence-corrected chi connectivity index (χ0v) is 11.1. The fourth-order valence-electron chi connectivity index (χ4n) is 1.59. The molecule has 0 fully saturated rings. The highest BCUT2D eigenvalue weighted by Crippen LogP contribution is 2.29. The molecule has 1 unspecified atom stereocenters. The second-order valence-corrected chi connectivity index (χ2v) is 4.43. The Labute approximate surface area is 115 Å². The standard InChI is InChI=1S/C12H11Cl2N3O/c1-18-9-3-2-4-16-12(9)10(15)11-8(14)5-7(13)6-17-11/h2-6,10H,15H2,1H3. The number of aromatic nitrogens is 2. The quantitative estimate of drug-likeness (QED) is 0.941. The summed E-state index contributed by atoms with van der Waals surface area (Å²) in [5.74, 6) is 0.595. The van der Waals surface area contributed by atoms with Gasteiger partial charge in [0, 0.05) is 12.4 Å². The van der Waals surface area contributed by atoms with Gasteiger partial charge in [0.25, 0.3) is 0 Å². The molecule has 18 heavy (non-hydrogen) atoms. The summed E-state index contributed by atoms with van der Waals surface area (Å²) in [5.41, 5.74) is 7.20. The van der Waals surface area contributed by atoms with E-state index in [4.69, 9.17) is 33.7 Å². The van der Waals surface area contributed by atoms with E-state index in [1.807, 2.05) is 0 Å². The van der Waals surface area contributed by atoms with Crippen LogP contribution in [0, 0.1) is 0 Å². The van der Waals surface area contributed by atoms with Crippen LogP contribution in [0.5, 0.6) is 5.75 Å². The summed E-state index contributed by atoms with van der Waals surface area (Å²) in [7, 11) is 1.56. The number of ether oxygens (including phenoxy) is 1. The lowest BCUT2D eigenvalue weighted by molar-refractivity contribution is 0.404. The van der Waals surface area contributed by atoms with Crippen LogP contribution < -0.4 is 10.5 Å². The van der Waals surface area contributed by atoms with E-state index >= 15 is 0 Å². The monoisotopic (exact) mass is 283 g/mol. The van der Waals surface area contributed by atoms with Crippen LogP contribution in [0.1, 0.15) is 17.4 Å².